The highest BCUT2D eigenvalue weighted by Crippen LogP contribution is 2.30. The van der Waals surface area contributed by atoms with E-state index in [2.05, 4.69) is 19.9 Å². The molecule has 2 aromatic carbocycles. The second-order valence-corrected chi connectivity index (χ2v) is 6.63. The van der Waals surface area contributed by atoms with Gasteiger partial charge in [-0.25, -0.2) is 0 Å². The number of ether oxygens (including phenoxy) is 1. The number of aromatic nitrogens is 3. The van der Waals surface area contributed by atoms with Crippen LogP contribution in [0.25, 0.3) is 22.4 Å². The Morgan fingerprint density at radius 1 is 1.14 bits per heavy atom. The Bertz CT molecular complexity index is 1130. The average molecular weight is 401 g/mol. The van der Waals surface area contributed by atoms with E-state index in [0.29, 0.717) is 5.89 Å². The van der Waals surface area contributed by atoms with Crippen LogP contribution in [-0.2, 0) is 0 Å². The molecule has 6 nitrogen and oxygen atoms in total. The lowest BCUT2D eigenvalue weighted by Gasteiger charge is -2.08. The molecule has 0 saturated heterocycles. The first kappa shape index (κ1) is 18.2. The molecule has 0 aliphatic carbocycles. The number of hydrogen-bond donors (Lipinski definition) is 1. The average Bonchev–Trinajstić information content (AvgIpc) is 3.32. The molecular formula is C19H13F2N3O3S. The number of ketones is 1. The lowest BCUT2D eigenvalue weighted by Crippen LogP contribution is -2.09. The van der Waals surface area contributed by atoms with Crippen LogP contribution in [0.3, 0.4) is 0 Å². The van der Waals surface area contributed by atoms with Crippen molar-refractivity contribution >= 4 is 28.4 Å². The van der Waals surface area contributed by atoms with Gasteiger partial charge in [0.25, 0.3) is 11.1 Å². The lowest BCUT2D eigenvalue weighted by molar-refractivity contribution is -0.0501. The van der Waals surface area contributed by atoms with Gasteiger partial charge >= 0.3 is 6.61 Å². The van der Waals surface area contributed by atoms with Crippen molar-refractivity contribution in [1.82, 2.24) is 15.2 Å². The Morgan fingerprint density at radius 2 is 1.93 bits per heavy atom. The number of aromatic amines is 1. The summed E-state index contributed by atoms with van der Waals surface area (Å²) in [6, 6.07) is 13.6. The Morgan fingerprint density at radius 3 is 2.79 bits per heavy atom. The summed E-state index contributed by atoms with van der Waals surface area (Å²) >= 11 is 1.03. The maximum atomic E-state index is 12.5. The van der Waals surface area contributed by atoms with Crippen molar-refractivity contribution in [3.63, 3.8) is 0 Å². The van der Waals surface area contributed by atoms with Crippen molar-refractivity contribution in [2.24, 2.45) is 0 Å². The normalized spacial score (nSPS) is 11.2. The van der Waals surface area contributed by atoms with Crippen LogP contribution < -0.4 is 4.74 Å². The van der Waals surface area contributed by atoms with Gasteiger partial charge in [0.2, 0.25) is 0 Å². The van der Waals surface area contributed by atoms with Crippen molar-refractivity contribution in [2.45, 2.75) is 11.8 Å². The zero-order valence-electron chi connectivity index (χ0n) is 14.3. The highest BCUT2D eigenvalue weighted by Gasteiger charge is 2.18. The number of para-hydroxylation sites is 2. The Kier molecular flexibility index (Phi) is 5.07. The second-order valence-electron chi connectivity index (χ2n) is 5.71. The summed E-state index contributed by atoms with van der Waals surface area (Å²) in [4.78, 5) is 15.5. The third-order valence-electron chi connectivity index (χ3n) is 3.96. The van der Waals surface area contributed by atoms with E-state index in [1.807, 2.05) is 24.3 Å². The van der Waals surface area contributed by atoms with Crippen molar-refractivity contribution < 1.29 is 22.7 Å². The van der Waals surface area contributed by atoms with E-state index in [1.54, 1.807) is 12.3 Å². The summed E-state index contributed by atoms with van der Waals surface area (Å²) in [6.45, 7) is -3.00. The number of nitrogens with one attached hydrogen (secondary N) is 1. The Hall–Kier alpha value is -3.20. The predicted molar refractivity (Wildman–Crippen MR) is 99.7 cm³/mol. The first-order valence-corrected chi connectivity index (χ1v) is 9.20. The maximum absolute atomic E-state index is 12.5. The summed E-state index contributed by atoms with van der Waals surface area (Å²) in [7, 11) is 0. The fourth-order valence-corrected chi connectivity index (χ4v) is 3.37. The third kappa shape index (κ3) is 3.74. The van der Waals surface area contributed by atoms with E-state index in [1.165, 1.54) is 18.2 Å². The molecule has 0 bridgehead atoms. The molecule has 1 N–H and O–H groups in total. The SMILES string of the molecule is O=C(CSc1nnc(-c2c[nH]c3ccccc23)o1)c1ccccc1OC(F)F. The van der Waals surface area contributed by atoms with Crippen LogP contribution in [0, 0.1) is 0 Å². The molecule has 4 aromatic rings. The van der Waals surface area contributed by atoms with Crippen LogP contribution in [0.2, 0.25) is 0 Å². The van der Waals surface area contributed by atoms with Crippen LogP contribution in [0.5, 0.6) is 5.75 Å². The largest absolute Gasteiger partial charge is 0.434 e. The quantitative estimate of drug-likeness (QED) is 0.354. The van der Waals surface area contributed by atoms with Gasteiger partial charge in [-0.3, -0.25) is 4.79 Å². The highest BCUT2D eigenvalue weighted by atomic mass is 32.2. The third-order valence-corrected chi connectivity index (χ3v) is 4.77. The van der Waals surface area contributed by atoms with E-state index < -0.39 is 6.61 Å². The lowest BCUT2D eigenvalue weighted by atomic mass is 10.1. The van der Waals surface area contributed by atoms with Crippen molar-refractivity contribution in [3.05, 3.63) is 60.3 Å². The summed E-state index contributed by atoms with van der Waals surface area (Å²) in [5, 5.41) is 9.12. The number of rotatable bonds is 7. The van der Waals surface area contributed by atoms with E-state index >= 15 is 0 Å². The zero-order valence-corrected chi connectivity index (χ0v) is 15.1. The molecule has 0 amide bonds. The van der Waals surface area contributed by atoms with Gasteiger partial charge in [-0.05, 0) is 18.2 Å². The first-order valence-electron chi connectivity index (χ1n) is 8.21. The number of halogens is 2. The van der Waals surface area contributed by atoms with Crippen LogP contribution in [0.1, 0.15) is 10.4 Å². The molecule has 4 rings (SSSR count). The molecule has 28 heavy (non-hydrogen) atoms. The fourth-order valence-electron chi connectivity index (χ4n) is 2.73. The highest BCUT2D eigenvalue weighted by molar-refractivity contribution is 7.99. The van der Waals surface area contributed by atoms with Gasteiger partial charge in [-0.1, -0.05) is 42.1 Å². The minimum Gasteiger partial charge on any atom is -0.434 e. The van der Waals surface area contributed by atoms with E-state index in [9.17, 15) is 13.6 Å². The van der Waals surface area contributed by atoms with Crippen molar-refractivity contribution in [3.8, 4) is 17.2 Å². The summed E-state index contributed by atoms with van der Waals surface area (Å²) < 4.78 is 35.0. The number of carbonyl (C=O) groups excluding carboxylic acids is 1. The van der Waals surface area contributed by atoms with Gasteiger partial charge in [-0.15, -0.1) is 10.2 Å². The number of hydrogen-bond acceptors (Lipinski definition) is 6. The summed E-state index contributed by atoms with van der Waals surface area (Å²) in [5.41, 5.74) is 1.78. The van der Waals surface area contributed by atoms with Crippen LogP contribution in [0.4, 0.5) is 8.78 Å². The summed E-state index contributed by atoms with van der Waals surface area (Å²) in [5.74, 6) is -0.269. The molecule has 0 spiro atoms. The van der Waals surface area contributed by atoms with E-state index in [0.717, 1.165) is 28.2 Å². The monoisotopic (exact) mass is 401 g/mol. The number of thioether (sulfide) groups is 1. The topological polar surface area (TPSA) is 81.0 Å². The predicted octanol–water partition coefficient (Wildman–Crippen LogP) is 4.79. The molecule has 9 heteroatoms. The molecule has 0 radical (unpaired) electrons. The molecular weight excluding hydrogens is 388 g/mol. The Labute approximate surface area is 161 Å². The minimum absolute atomic E-state index is 0.0564. The molecule has 0 atom stereocenters. The van der Waals surface area contributed by atoms with Gasteiger partial charge in [0, 0.05) is 17.1 Å². The molecule has 0 aliphatic heterocycles. The fraction of sp³-hybridized carbons (Fsp3) is 0.105. The molecule has 142 valence electrons. The number of H-pyrrole nitrogens is 1. The standard InChI is InChI=1S/C19H13F2N3O3S/c20-18(21)26-16-8-4-2-6-12(16)15(25)10-28-19-24-23-17(27-19)13-9-22-14-7-3-1-5-11(13)14/h1-9,18,22H,10H2. The second kappa shape index (κ2) is 7.81. The molecule has 0 unspecified atom stereocenters. The number of fused-ring (bicyclic) bond motifs is 1. The number of benzene rings is 2. The zero-order chi connectivity index (χ0) is 19.5. The van der Waals surface area contributed by atoms with E-state index in [-0.39, 0.29) is 28.1 Å². The van der Waals surface area contributed by atoms with Crippen molar-refractivity contribution in [2.75, 3.05) is 5.75 Å². The minimum atomic E-state index is -3.00. The van der Waals surface area contributed by atoms with Crippen LogP contribution in [0.15, 0.2) is 64.4 Å². The molecule has 0 aliphatic rings. The summed E-state index contributed by atoms with van der Waals surface area (Å²) in [6.07, 6.45) is 1.77. The Balaban J connectivity index is 1.47. The van der Waals surface area contributed by atoms with E-state index in [4.69, 9.17) is 4.42 Å². The van der Waals surface area contributed by atoms with Gasteiger partial charge in [0.1, 0.15) is 5.75 Å². The van der Waals surface area contributed by atoms with Gasteiger partial charge in [0.15, 0.2) is 5.78 Å². The van der Waals surface area contributed by atoms with Crippen molar-refractivity contribution in [1.29, 1.82) is 0 Å². The van der Waals surface area contributed by atoms with Gasteiger partial charge < -0.3 is 14.1 Å². The van der Waals surface area contributed by atoms with Gasteiger partial charge in [-0.2, -0.15) is 8.78 Å². The number of Topliss-reactive ketones (excluding diaryl/α,β-unsaturated/α-hetero) is 1. The van der Waals surface area contributed by atoms with Crippen LogP contribution >= 0.6 is 11.8 Å². The molecule has 0 saturated carbocycles. The molecule has 0 fully saturated rings. The number of carbonyl (C=O) groups is 1. The number of nitrogens with zero attached hydrogens (tertiary/aromatic N) is 2. The van der Waals surface area contributed by atoms with Crippen LogP contribution in [-0.4, -0.2) is 33.3 Å². The maximum Gasteiger partial charge on any atom is 0.387 e. The number of alkyl halides is 2. The molecule has 2 heterocycles. The first-order chi connectivity index (χ1) is 13.6. The smallest absolute Gasteiger partial charge is 0.387 e. The van der Waals surface area contributed by atoms with Gasteiger partial charge in [0.05, 0.1) is 16.9 Å². The molecule has 2 aromatic heterocycles.